The Morgan fingerprint density at radius 3 is 2.08 bits per heavy atom. The van der Waals surface area contributed by atoms with Crippen molar-refractivity contribution in [1.29, 1.82) is 0 Å². The Balaban J connectivity index is 2.08. The van der Waals surface area contributed by atoms with Crippen molar-refractivity contribution in [2.75, 3.05) is 19.4 Å². The van der Waals surface area contributed by atoms with Gasteiger partial charge in [-0.15, -0.1) is 0 Å². The van der Waals surface area contributed by atoms with E-state index in [-0.39, 0.29) is 4.90 Å². The predicted molar refractivity (Wildman–Crippen MR) is 93.6 cm³/mol. The van der Waals surface area contributed by atoms with E-state index in [9.17, 15) is 22.0 Å². The van der Waals surface area contributed by atoms with Crippen LogP contribution in [-0.4, -0.2) is 38.5 Å². The number of rotatable bonds is 6. The highest BCUT2D eigenvalue weighted by Crippen LogP contribution is 2.25. The average Bonchev–Trinajstić information content (AvgIpc) is 2.55. The van der Waals surface area contributed by atoms with Crippen molar-refractivity contribution in [3.63, 3.8) is 0 Å². The van der Waals surface area contributed by atoms with Gasteiger partial charge in [0.05, 0.1) is 4.90 Å². The number of benzene rings is 2. The van der Waals surface area contributed by atoms with Crippen LogP contribution in [0.5, 0.6) is 0 Å². The van der Waals surface area contributed by atoms with Crippen LogP contribution in [0.25, 0.3) is 0 Å². The molecule has 2 rings (SSSR count). The fourth-order valence-electron chi connectivity index (χ4n) is 1.91. The Bertz CT molecular complexity index is 837. The van der Waals surface area contributed by atoms with E-state index in [4.69, 9.17) is 0 Å². The zero-order valence-corrected chi connectivity index (χ0v) is 15.1. The Kier molecular flexibility index (Phi) is 6.15. The molecule has 0 spiro atoms. The van der Waals surface area contributed by atoms with Crippen LogP contribution in [0, 0.1) is 0 Å². The summed E-state index contributed by atoms with van der Waals surface area (Å²) in [6.45, 7) is 0. The first-order valence-corrected chi connectivity index (χ1v) is 9.41. The molecule has 25 heavy (non-hydrogen) atoms. The van der Waals surface area contributed by atoms with Gasteiger partial charge in [0.15, 0.2) is 0 Å². The van der Waals surface area contributed by atoms with E-state index in [1.54, 1.807) is 0 Å². The third-order valence-corrected chi connectivity index (χ3v) is 5.78. The molecule has 0 radical (unpaired) electrons. The number of carbonyl (C=O) groups is 1. The van der Waals surface area contributed by atoms with Crippen LogP contribution < -0.4 is 5.32 Å². The van der Waals surface area contributed by atoms with Crippen LogP contribution in [0.4, 0.5) is 14.5 Å². The lowest BCUT2D eigenvalue weighted by Gasteiger charge is -2.12. The van der Waals surface area contributed by atoms with Crippen molar-refractivity contribution in [3.8, 4) is 0 Å². The van der Waals surface area contributed by atoms with Crippen molar-refractivity contribution in [3.05, 3.63) is 54.1 Å². The SMILES string of the molecule is CN(C)S(=O)(=O)c1ccc(NC(=O)c2ccc(SC(F)F)cc2)cc1. The van der Waals surface area contributed by atoms with Gasteiger partial charge in [0.1, 0.15) is 0 Å². The maximum Gasteiger partial charge on any atom is 0.288 e. The summed E-state index contributed by atoms with van der Waals surface area (Å²) < 4.78 is 49.6. The highest BCUT2D eigenvalue weighted by molar-refractivity contribution is 7.99. The molecule has 0 bridgehead atoms. The van der Waals surface area contributed by atoms with Gasteiger partial charge in [-0.2, -0.15) is 8.78 Å². The van der Waals surface area contributed by atoms with Gasteiger partial charge in [-0.05, 0) is 48.5 Å². The molecule has 2 aromatic rings. The van der Waals surface area contributed by atoms with Gasteiger partial charge < -0.3 is 5.32 Å². The van der Waals surface area contributed by atoms with Gasteiger partial charge in [0.2, 0.25) is 10.0 Å². The first-order chi connectivity index (χ1) is 11.7. The van der Waals surface area contributed by atoms with Crippen molar-refractivity contribution >= 4 is 33.4 Å². The summed E-state index contributed by atoms with van der Waals surface area (Å²) in [5.74, 6) is -2.94. The van der Waals surface area contributed by atoms with Gasteiger partial charge >= 0.3 is 0 Å². The van der Waals surface area contributed by atoms with Crippen LogP contribution in [-0.2, 0) is 10.0 Å². The molecular formula is C16H16F2N2O3S2. The summed E-state index contributed by atoms with van der Waals surface area (Å²) in [4.78, 5) is 12.6. The molecule has 5 nitrogen and oxygen atoms in total. The molecule has 0 saturated heterocycles. The summed E-state index contributed by atoms with van der Waals surface area (Å²) in [5.41, 5.74) is 0.734. The van der Waals surface area contributed by atoms with E-state index in [2.05, 4.69) is 5.32 Å². The molecular weight excluding hydrogens is 370 g/mol. The monoisotopic (exact) mass is 386 g/mol. The molecule has 1 amide bonds. The molecule has 134 valence electrons. The summed E-state index contributed by atoms with van der Waals surface area (Å²) >= 11 is 0.403. The van der Waals surface area contributed by atoms with Gasteiger partial charge in [-0.3, -0.25) is 4.79 Å². The molecule has 0 unspecified atom stereocenters. The fraction of sp³-hybridized carbons (Fsp3) is 0.188. The maximum absolute atomic E-state index is 12.3. The zero-order valence-electron chi connectivity index (χ0n) is 13.4. The van der Waals surface area contributed by atoms with E-state index in [1.807, 2.05) is 0 Å². The largest absolute Gasteiger partial charge is 0.322 e. The summed E-state index contributed by atoms with van der Waals surface area (Å²) in [6, 6.07) is 11.5. The number of sulfonamides is 1. The molecule has 9 heteroatoms. The first-order valence-electron chi connectivity index (χ1n) is 7.09. The second kappa shape index (κ2) is 7.94. The Morgan fingerprint density at radius 1 is 1.04 bits per heavy atom. The molecule has 1 N–H and O–H groups in total. The number of carbonyl (C=O) groups excluding carboxylic acids is 1. The topological polar surface area (TPSA) is 66.5 Å². The molecule has 0 atom stereocenters. The van der Waals surface area contributed by atoms with Crippen LogP contribution in [0.2, 0.25) is 0 Å². The summed E-state index contributed by atoms with van der Waals surface area (Å²) in [5, 5.41) is 2.62. The van der Waals surface area contributed by atoms with E-state index < -0.39 is 21.7 Å². The van der Waals surface area contributed by atoms with Gasteiger partial charge in [-0.25, -0.2) is 12.7 Å². The average molecular weight is 386 g/mol. The number of halogens is 2. The minimum absolute atomic E-state index is 0.115. The van der Waals surface area contributed by atoms with Crippen molar-refractivity contribution in [2.45, 2.75) is 15.5 Å². The number of alkyl halides is 2. The van der Waals surface area contributed by atoms with Crippen molar-refractivity contribution in [1.82, 2.24) is 4.31 Å². The van der Waals surface area contributed by atoms with Crippen molar-refractivity contribution < 1.29 is 22.0 Å². The number of nitrogens with one attached hydrogen (secondary N) is 1. The Hall–Kier alpha value is -1.97. The molecule has 0 aliphatic carbocycles. The second-order valence-corrected chi connectivity index (χ2v) is 8.38. The molecule has 0 aliphatic heterocycles. The predicted octanol–water partition coefficient (Wildman–Crippen LogP) is 3.50. The fourth-order valence-corrected chi connectivity index (χ4v) is 3.31. The lowest BCUT2D eigenvalue weighted by atomic mass is 10.2. The third-order valence-electron chi connectivity index (χ3n) is 3.23. The van der Waals surface area contributed by atoms with Crippen molar-refractivity contribution in [2.24, 2.45) is 0 Å². The molecule has 0 fully saturated rings. The second-order valence-electron chi connectivity index (χ2n) is 5.17. The Morgan fingerprint density at radius 2 is 1.60 bits per heavy atom. The minimum atomic E-state index is -3.53. The first kappa shape index (κ1) is 19.4. The van der Waals surface area contributed by atoms with Crippen LogP contribution in [0.3, 0.4) is 0 Å². The highest BCUT2D eigenvalue weighted by atomic mass is 32.2. The van der Waals surface area contributed by atoms with Crippen LogP contribution >= 0.6 is 11.8 Å². The quantitative estimate of drug-likeness (QED) is 0.772. The molecule has 0 aliphatic rings. The summed E-state index contributed by atoms with van der Waals surface area (Å²) in [7, 11) is -0.669. The zero-order chi connectivity index (χ0) is 18.6. The molecule has 0 aromatic heterocycles. The van der Waals surface area contributed by atoms with Gasteiger partial charge in [0.25, 0.3) is 11.7 Å². The molecule has 0 heterocycles. The number of amides is 1. The number of anilines is 1. The minimum Gasteiger partial charge on any atom is -0.322 e. The normalized spacial score (nSPS) is 11.8. The summed E-state index contributed by atoms with van der Waals surface area (Å²) in [6.07, 6.45) is 0. The standard InChI is InChI=1S/C16H16F2N2O3S2/c1-20(2)25(22,23)14-9-5-12(6-10-14)19-15(21)11-3-7-13(8-4-11)24-16(17)18/h3-10,16H,1-2H3,(H,19,21). The van der Waals surface area contributed by atoms with Gasteiger partial charge in [-0.1, -0.05) is 11.8 Å². The number of hydrogen-bond donors (Lipinski definition) is 1. The Labute approximate surface area is 149 Å². The van der Waals surface area contributed by atoms with Gasteiger partial charge in [0, 0.05) is 30.2 Å². The lowest BCUT2D eigenvalue weighted by molar-refractivity contribution is 0.102. The third kappa shape index (κ3) is 5.00. The number of nitrogens with zero attached hydrogens (tertiary/aromatic N) is 1. The van der Waals surface area contributed by atoms with Crippen LogP contribution in [0.1, 0.15) is 10.4 Å². The number of hydrogen-bond acceptors (Lipinski definition) is 4. The molecule has 0 saturated carbocycles. The maximum atomic E-state index is 12.3. The highest BCUT2D eigenvalue weighted by Gasteiger charge is 2.17. The number of thioether (sulfide) groups is 1. The molecule has 2 aromatic carbocycles. The van der Waals surface area contributed by atoms with E-state index >= 15 is 0 Å². The smallest absolute Gasteiger partial charge is 0.288 e. The van der Waals surface area contributed by atoms with E-state index in [1.165, 1.54) is 62.6 Å². The van der Waals surface area contributed by atoms with E-state index in [0.717, 1.165) is 4.31 Å². The lowest BCUT2D eigenvalue weighted by Crippen LogP contribution is -2.22. The van der Waals surface area contributed by atoms with Crippen LogP contribution in [0.15, 0.2) is 58.3 Å². The van der Waals surface area contributed by atoms with E-state index in [0.29, 0.717) is 27.9 Å².